The highest BCUT2D eigenvalue weighted by atomic mass is 32.2. The molecule has 0 rings (SSSR count). The second kappa shape index (κ2) is 6.31. The Bertz CT molecular complexity index is 716. The zero-order valence-corrected chi connectivity index (χ0v) is 12.2. The highest BCUT2D eigenvalue weighted by Gasteiger charge is 2.91. The van der Waals surface area contributed by atoms with E-state index in [0.717, 1.165) is 0 Å². The molecule has 0 saturated carbocycles. The standard InChI is InChI=1S/C8HF15O3S/c9-1(2(10)27(24,25)26)3(11,12)4(13,14)5(15,16)6(17,18)7(19,20)8(21,22)23/h(H,24,25,26). The number of halogens is 15. The van der Waals surface area contributed by atoms with Gasteiger partial charge in [0.2, 0.25) is 5.83 Å². The molecule has 19 heteroatoms. The van der Waals surface area contributed by atoms with Crippen LogP contribution in [-0.2, 0) is 10.1 Å². The molecule has 0 radical (unpaired) electrons. The van der Waals surface area contributed by atoms with Crippen molar-refractivity contribution >= 4 is 10.1 Å². The molecule has 0 bridgehead atoms. The third kappa shape index (κ3) is 3.54. The molecule has 0 unspecified atom stereocenters. The van der Waals surface area contributed by atoms with Gasteiger partial charge in [-0.1, -0.05) is 0 Å². The maximum Gasteiger partial charge on any atom is 0.460 e. The van der Waals surface area contributed by atoms with E-state index in [1.165, 1.54) is 0 Å². The van der Waals surface area contributed by atoms with Crippen molar-refractivity contribution in [3.63, 3.8) is 0 Å². The Morgan fingerprint density at radius 1 is 0.593 bits per heavy atom. The second-order valence-electron chi connectivity index (χ2n) is 4.43. The highest BCUT2D eigenvalue weighted by molar-refractivity contribution is 7.89. The van der Waals surface area contributed by atoms with Gasteiger partial charge in [-0.2, -0.15) is 69.9 Å². The van der Waals surface area contributed by atoms with Gasteiger partial charge in [0.05, 0.1) is 0 Å². The first-order chi connectivity index (χ1) is 11.3. The molecule has 3 nitrogen and oxygen atoms in total. The molecule has 0 saturated heterocycles. The molecule has 0 aliphatic rings. The first kappa shape index (κ1) is 25.6. The largest absolute Gasteiger partial charge is 0.460 e. The van der Waals surface area contributed by atoms with Crippen LogP contribution < -0.4 is 0 Å². The Kier molecular flexibility index (Phi) is 5.98. The number of hydrogen-bond acceptors (Lipinski definition) is 2. The summed E-state index contributed by atoms with van der Waals surface area (Å²) in [7, 11) is -6.81. The van der Waals surface area contributed by atoms with Gasteiger partial charge in [0.1, 0.15) is 0 Å². The second-order valence-corrected chi connectivity index (χ2v) is 5.74. The maximum atomic E-state index is 13.0. The predicted molar refractivity (Wildman–Crippen MR) is 51.6 cm³/mol. The fourth-order valence-corrected chi connectivity index (χ4v) is 1.50. The summed E-state index contributed by atoms with van der Waals surface area (Å²) >= 11 is 0. The van der Waals surface area contributed by atoms with Crippen LogP contribution in [0.3, 0.4) is 0 Å². The molecule has 0 aliphatic carbocycles. The van der Waals surface area contributed by atoms with Gasteiger partial charge in [-0.3, -0.25) is 4.55 Å². The third-order valence-corrected chi connectivity index (χ3v) is 3.24. The Hall–Kier alpha value is -1.40. The van der Waals surface area contributed by atoms with Crippen molar-refractivity contribution in [3.8, 4) is 0 Å². The average molecular weight is 462 g/mol. The van der Waals surface area contributed by atoms with Crippen LogP contribution in [0.2, 0.25) is 0 Å². The molecule has 0 aliphatic heterocycles. The predicted octanol–water partition coefficient (Wildman–Crippen LogP) is 4.72. The van der Waals surface area contributed by atoms with E-state index >= 15 is 0 Å². The van der Waals surface area contributed by atoms with Gasteiger partial charge in [0.15, 0.2) is 0 Å². The molecule has 0 heterocycles. The summed E-state index contributed by atoms with van der Waals surface area (Å²) in [5.41, 5.74) is 0. The molecule has 0 aromatic carbocycles. The van der Waals surface area contributed by atoms with Gasteiger partial charge in [-0.15, -0.1) is 0 Å². The van der Waals surface area contributed by atoms with E-state index in [4.69, 9.17) is 4.55 Å². The van der Waals surface area contributed by atoms with Crippen LogP contribution in [0.25, 0.3) is 0 Å². The highest BCUT2D eigenvalue weighted by Crippen LogP contribution is 2.61. The Balaban J connectivity index is 6.74. The molecule has 0 atom stereocenters. The summed E-state index contributed by atoms with van der Waals surface area (Å²) < 4.78 is 216. The number of hydrogen-bond donors (Lipinski definition) is 1. The number of allylic oxidation sites excluding steroid dienone is 1. The summed E-state index contributed by atoms with van der Waals surface area (Å²) in [6.07, 6.45) is -7.71. The van der Waals surface area contributed by atoms with Gasteiger partial charge in [-0.05, 0) is 0 Å². The van der Waals surface area contributed by atoms with Gasteiger partial charge in [0.25, 0.3) is 5.16 Å². The molecule has 0 fully saturated rings. The summed E-state index contributed by atoms with van der Waals surface area (Å²) in [6.45, 7) is 0. The fraction of sp³-hybridized carbons (Fsp3) is 0.750. The quantitative estimate of drug-likeness (QED) is 0.459. The third-order valence-electron chi connectivity index (χ3n) is 2.61. The van der Waals surface area contributed by atoms with Crippen molar-refractivity contribution in [1.29, 1.82) is 0 Å². The van der Waals surface area contributed by atoms with E-state index in [2.05, 4.69) is 0 Å². The van der Waals surface area contributed by atoms with Crippen LogP contribution in [0.4, 0.5) is 65.9 Å². The number of alkyl halides is 13. The van der Waals surface area contributed by atoms with E-state index < -0.39 is 56.9 Å². The molecular formula is C8HF15O3S. The molecule has 0 spiro atoms. The van der Waals surface area contributed by atoms with Crippen molar-refractivity contribution in [2.45, 2.75) is 35.8 Å². The lowest BCUT2D eigenvalue weighted by molar-refractivity contribution is -0.437. The molecule has 0 aromatic rings. The van der Waals surface area contributed by atoms with Crippen molar-refractivity contribution in [2.24, 2.45) is 0 Å². The Morgan fingerprint density at radius 3 is 1.15 bits per heavy atom. The smallest absolute Gasteiger partial charge is 0.280 e. The van der Waals surface area contributed by atoms with Crippen molar-refractivity contribution in [1.82, 2.24) is 0 Å². The minimum atomic E-state index is -8.45. The van der Waals surface area contributed by atoms with Crippen LogP contribution in [0.5, 0.6) is 0 Å². The minimum absolute atomic E-state index is 4.33. The minimum Gasteiger partial charge on any atom is -0.280 e. The molecule has 162 valence electrons. The summed E-state index contributed by atoms with van der Waals surface area (Å²) in [6, 6.07) is 0. The van der Waals surface area contributed by atoms with Gasteiger partial charge in [-0.25, -0.2) is 4.39 Å². The summed E-state index contributed by atoms with van der Waals surface area (Å²) in [5.74, 6) is -45.8. The van der Waals surface area contributed by atoms with Gasteiger partial charge in [0, 0.05) is 0 Å². The van der Waals surface area contributed by atoms with E-state index in [9.17, 15) is 74.3 Å². The molecule has 0 aromatic heterocycles. The maximum absolute atomic E-state index is 13.0. The average Bonchev–Trinajstić information content (AvgIpc) is 2.42. The van der Waals surface area contributed by atoms with E-state index in [0.29, 0.717) is 0 Å². The zero-order valence-electron chi connectivity index (χ0n) is 11.3. The van der Waals surface area contributed by atoms with Crippen LogP contribution in [0.15, 0.2) is 11.0 Å². The Morgan fingerprint density at radius 2 is 0.889 bits per heavy atom. The van der Waals surface area contributed by atoms with Crippen LogP contribution >= 0.6 is 0 Å². The molecular weight excluding hydrogens is 461 g/mol. The Labute approximate surface area is 137 Å². The van der Waals surface area contributed by atoms with Crippen molar-refractivity contribution in [3.05, 3.63) is 11.0 Å². The lowest BCUT2D eigenvalue weighted by Crippen LogP contribution is -2.70. The summed E-state index contributed by atoms with van der Waals surface area (Å²) in [4.78, 5) is 0. The van der Waals surface area contributed by atoms with Crippen molar-refractivity contribution in [2.75, 3.05) is 0 Å². The van der Waals surface area contributed by atoms with Gasteiger partial charge < -0.3 is 0 Å². The first-order valence-corrected chi connectivity index (χ1v) is 6.74. The fourth-order valence-electron chi connectivity index (χ4n) is 1.14. The van der Waals surface area contributed by atoms with Crippen molar-refractivity contribution < 1.29 is 78.8 Å². The van der Waals surface area contributed by atoms with Crippen LogP contribution in [0.1, 0.15) is 0 Å². The zero-order chi connectivity index (χ0) is 22.7. The topological polar surface area (TPSA) is 54.4 Å². The van der Waals surface area contributed by atoms with E-state index in [1.807, 2.05) is 0 Å². The van der Waals surface area contributed by atoms with E-state index in [-0.39, 0.29) is 0 Å². The SMILES string of the molecule is O=S(=O)(O)C(F)=C(F)C(F)(F)C(F)(F)C(F)(F)C(F)(F)C(F)(F)C(F)(F)F. The number of rotatable bonds is 6. The normalized spacial score (nSPS) is 17.0. The van der Waals surface area contributed by atoms with Crippen LogP contribution in [0, 0.1) is 0 Å². The lowest BCUT2D eigenvalue weighted by Gasteiger charge is -2.39. The molecule has 27 heavy (non-hydrogen) atoms. The molecule has 0 amide bonds. The first-order valence-electron chi connectivity index (χ1n) is 5.30. The van der Waals surface area contributed by atoms with Gasteiger partial charge >= 0.3 is 45.9 Å². The van der Waals surface area contributed by atoms with E-state index in [1.54, 1.807) is 0 Å². The summed E-state index contributed by atoms with van der Waals surface area (Å²) in [5, 5.41) is -4.33. The molecule has 1 N–H and O–H groups in total. The lowest BCUT2D eigenvalue weighted by atomic mass is 9.93. The monoisotopic (exact) mass is 462 g/mol. The van der Waals surface area contributed by atoms with Crippen LogP contribution in [-0.4, -0.2) is 48.8 Å².